The molecule has 1 aliphatic heterocycles. The molecule has 1 fully saturated rings. The first-order valence-corrected chi connectivity index (χ1v) is 12.3. The minimum Gasteiger partial charge on any atom is -0.507 e. The molecule has 38 heavy (non-hydrogen) atoms. The third kappa shape index (κ3) is 4.61. The van der Waals surface area contributed by atoms with E-state index >= 15 is 0 Å². The number of amides is 1. The number of rotatable bonds is 7. The number of hydrogen-bond donors (Lipinski definition) is 1. The number of nitro groups is 1. The average Bonchev–Trinajstić information content (AvgIpc) is 3.40. The number of thiazole rings is 1. The van der Waals surface area contributed by atoms with Crippen LogP contribution in [0.1, 0.15) is 45.0 Å². The van der Waals surface area contributed by atoms with E-state index in [0.29, 0.717) is 11.3 Å². The molecule has 1 aliphatic rings. The van der Waals surface area contributed by atoms with Crippen molar-refractivity contribution in [2.45, 2.75) is 26.8 Å². The summed E-state index contributed by atoms with van der Waals surface area (Å²) in [5.41, 5.74) is 0.804. The summed E-state index contributed by atoms with van der Waals surface area (Å²) in [6.07, 6.45) is 0. The highest BCUT2D eigenvalue weighted by Crippen LogP contribution is 2.44. The maximum absolute atomic E-state index is 13.4. The molecule has 3 aromatic rings. The van der Waals surface area contributed by atoms with Gasteiger partial charge in [0.1, 0.15) is 16.4 Å². The SMILES string of the molecule is CCOC(=O)c1sc(N2C(=O)C(=O)C(=C(O)c3ccc(OC)cc3C)[C@H]2c2cccc([N+](=O)[O-])c2)nc1C. The van der Waals surface area contributed by atoms with Gasteiger partial charge in [-0.15, -0.1) is 0 Å². The minimum absolute atomic E-state index is 0.00895. The zero-order chi connectivity index (χ0) is 27.7. The van der Waals surface area contributed by atoms with Crippen molar-refractivity contribution in [1.29, 1.82) is 0 Å². The van der Waals surface area contributed by atoms with Crippen LogP contribution in [0.2, 0.25) is 0 Å². The number of Topliss-reactive ketones (excluding diaryl/α,β-unsaturated/α-hetero) is 1. The number of nitro benzene ring substituents is 1. The van der Waals surface area contributed by atoms with E-state index < -0.39 is 34.4 Å². The number of ketones is 1. The molecule has 0 spiro atoms. The van der Waals surface area contributed by atoms with Crippen LogP contribution in [-0.2, 0) is 14.3 Å². The van der Waals surface area contributed by atoms with Gasteiger partial charge in [-0.2, -0.15) is 0 Å². The molecule has 12 heteroatoms. The van der Waals surface area contributed by atoms with E-state index in [9.17, 15) is 29.6 Å². The fourth-order valence-electron chi connectivity index (χ4n) is 4.20. The van der Waals surface area contributed by atoms with Crippen molar-refractivity contribution in [2.24, 2.45) is 0 Å². The van der Waals surface area contributed by atoms with Crippen LogP contribution in [0.4, 0.5) is 10.8 Å². The fraction of sp³-hybridized carbons (Fsp3) is 0.231. The predicted octanol–water partition coefficient (Wildman–Crippen LogP) is 4.48. The Morgan fingerprint density at radius 2 is 1.95 bits per heavy atom. The molecule has 2 heterocycles. The summed E-state index contributed by atoms with van der Waals surface area (Å²) in [6.45, 7) is 5.04. The lowest BCUT2D eigenvalue weighted by Crippen LogP contribution is -2.29. The molecule has 11 nitrogen and oxygen atoms in total. The number of ether oxygens (including phenoxy) is 2. The molecule has 0 aliphatic carbocycles. The number of esters is 1. The first kappa shape index (κ1) is 26.5. The van der Waals surface area contributed by atoms with Crippen LogP contribution in [0.25, 0.3) is 5.76 Å². The maximum atomic E-state index is 13.4. The van der Waals surface area contributed by atoms with Crippen LogP contribution in [0, 0.1) is 24.0 Å². The molecule has 1 N–H and O–H groups in total. The second-order valence-corrected chi connectivity index (χ2v) is 9.31. The Hall–Kier alpha value is -4.58. The summed E-state index contributed by atoms with van der Waals surface area (Å²) >= 11 is 0.850. The number of aryl methyl sites for hydroxylation is 2. The molecule has 0 unspecified atom stereocenters. The topological polar surface area (TPSA) is 149 Å². The van der Waals surface area contributed by atoms with Gasteiger partial charge in [-0.1, -0.05) is 23.5 Å². The number of carbonyl (C=O) groups excluding carboxylic acids is 3. The van der Waals surface area contributed by atoms with Crippen LogP contribution >= 0.6 is 11.3 Å². The number of hydrogen-bond acceptors (Lipinski definition) is 10. The Kier molecular flexibility index (Phi) is 7.26. The standard InChI is InChI=1S/C26H23N3O8S/c1-5-37-25(33)23-14(3)27-26(38-23)28-20(15-7-6-8-16(12-15)29(34)35)19(22(31)24(28)32)21(30)18-10-9-17(36-4)11-13(18)2/h6-12,20,30H,5H2,1-4H3/t20-/m1/s1. The van der Waals surface area contributed by atoms with Gasteiger partial charge in [0.05, 0.1) is 35.9 Å². The number of methoxy groups -OCH3 is 1. The average molecular weight is 538 g/mol. The quantitative estimate of drug-likeness (QED) is 0.115. The van der Waals surface area contributed by atoms with E-state index in [1.54, 1.807) is 39.0 Å². The Morgan fingerprint density at radius 1 is 1.21 bits per heavy atom. The molecule has 0 saturated carbocycles. The number of anilines is 1. The molecule has 0 radical (unpaired) electrons. The molecular weight excluding hydrogens is 514 g/mol. The van der Waals surface area contributed by atoms with Crippen LogP contribution in [0.5, 0.6) is 5.75 Å². The largest absolute Gasteiger partial charge is 0.507 e. The summed E-state index contributed by atoms with van der Waals surface area (Å²) in [4.78, 5) is 55.6. The van der Waals surface area contributed by atoms with E-state index in [0.717, 1.165) is 16.2 Å². The fourth-order valence-corrected chi connectivity index (χ4v) is 5.19. The van der Waals surface area contributed by atoms with E-state index in [1.165, 1.54) is 31.4 Å². The zero-order valence-electron chi connectivity index (χ0n) is 20.9. The molecular formula is C26H23N3O8S. The van der Waals surface area contributed by atoms with Crippen molar-refractivity contribution in [3.8, 4) is 5.75 Å². The van der Waals surface area contributed by atoms with E-state index in [2.05, 4.69) is 4.98 Å². The number of carbonyl (C=O) groups is 3. The normalized spacial score (nSPS) is 16.5. The Bertz CT molecular complexity index is 1510. The van der Waals surface area contributed by atoms with Crippen molar-refractivity contribution in [3.63, 3.8) is 0 Å². The first-order chi connectivity index (χ1) is 18.1. The molecule has 1 atom stereocenters. The van der Waals surface area contributed by atoms with E-state index in [1.807, 2.05) is 0 Å². The highest BCUT2D eigenvalue weighted by molar-refractivity contribution is 7.17. The third-order valence-electron chi connectivity index (χ3n) is 5.98. The van der Waals surface area contributed by atoms with Gasteiger partial charge in [0.15, 0.2) is 5.13 Å². The van der Waals surface area contributed by atoms with Crippen LogP contribution in [0.3, 0.4) is 0 Å². The molecule has 4 rings (SSSR count). The summed E-state index contributed by atoms with van der Waals surface area (Å²) < 4.78 is 10.3. The number of aromatic nitrogens is 1. The van der Waals surface area contributed by atoms with E-state index in [-0.39, 0.29) is 44.7 Å². The predicted molar refractivity (Wildman–Crippen MR) is 138 cm³/mol. The second-order valence-electron chi connectivity index (χ2n) is 8.33. The van der Waals surface area contributed by atoms with Crippen molar-refractivity contribution in [1.82, 2.24) is 4.98 Å². The molecule has 1 aromatic heterocycles. The molecule has 196 valence electrons. The molecule has 1 saturated heterocycles. The lowest BCUT2D eigenvalue weighted by molar-refractivity contribution is -0.384. The Labute approximate surface area is 221 Å². The van der Waals surface area contributed by atoms with Gasteiger partial charge in [0.25, 0.3) is 11.5 Å². The van der Waals surface area contributed by atoms with Gasteiger partial charge in [-0.05, 0) is 50.1 Å². The minimum atomic E-state index is -1.25. The molecule has 0 bridgehead atoms. The third-order valence-corrected chi connectivity index (χ3v) is 7.12. The summed E-state index contributed by atoms with van der Waals surface area (Å²) in [6, 6.07) is 8.98. The van der Waals surface area contributed by atoms with Gasteiger partial charge in [0, 0.05) is 17.7 Å². The highest BCUT2D eigenvalue weighted by atomic mass is 32.1. The maximum Gasteiger partial charge on any atom is 0.350 e. The van der Waals surface area contributed by atoms with E-state index in [4.69, 9.17) is 9.47 Å². The summed E-state index contributed by atoms with van der Waals surface area (Å²) in [5, 5.41) is 22.9. The van der Waals surface area contributed by atoms with Gasteiger partial charge < -0.3 is 14.6 Å². The number of aliphatic hydroxyl groups is 1. The number of benzene rings is 2. The molecule has 1 amide bonds. The Balaban J connectivity index is 1.96. The number of aliphatic hydroxyl groups excluding tert-OH is 1. The molecule has 2 aromatic carbocycles. The van der Waals surface area contributed by atoms with Crippen LogP contribution < -0.4 is 9.64 Å². The number of non-ortho nitro benzene ring substituents is 1. The Morgan fingerprint density at radius 3 is 2.58 bits per heavy atom. The monoisotopic (exact) mass is 537 g/mol. The second kappa shape index (κ2) is 10.4. The van der Waals surface area contributed by atoms with Gasteiger partial charge in [-0.25, -0.2) is 9.78 Å². The lowest BCUT2D eigenvalue weighted by atomic mass is 9.93. The van der Waals surface area contributed by atoms with Crippen LogP contribution in [-0.4, -0.2) is 46.4 Å². The van der Waals surface area contributed by atoms with Crippen molar-refractivity contribution >= 4 is 45.6 Å². The van der Waals surface area contributed by atoms with Gasteiger partial charge >= 0.3 is 11.9 Å². The smallest absolute Gasteiger partial charge is 0.350 e. The van der Waals surface area contributed by atoms with Crippen molar-refractivity contribution < 1.29 is 33.9 Å². The van der Waals surface area contributed by atoms with Crippen LogP contribution in [0.15, 0.2) is 48.0 Å². The zero-order valence-corrected chi connectivity index (χ0v) is 21.7. The lowest BCUT2D eigenvalue weighted by Gasteiger charge is -2.23. The van der Waals surface area contributed by atoms with Crippen molar-refractivity contribution in [3.05, 3.63) is 85.4 Å². The summed E-state index contributed by atoms with van der Waals surface area (Å²) in [7, 11) is 1.49. The van der Waals surface area contributed by atoms with Crippen molar-refractivity contribution in [2.75, 3.05) is 18.6 Å². The first-order valence-electron chi connectivity index (χ1n) is 11.4. The number of nitrogens with zero attached hydrogens (tertiary/aromatic N) is 3. The van der Waals surface area contributed by atoms with Gasteiger partial charge in [0.2, 0.25) is 0 Å². The highest BCUT2D eigenvalue weighted by Gasteiger charge is 2.49. The summed E-state index contributed by atoms with van der Waals surface area (Å²) in [5.74, 6) is -2.56. The van der Waals surface area contributed by atoms with Gasteiger partial charge in [-0.3, -0.25) is 24.6 Å².